The minimum atomic E-state index is -1.25. The first-order valence-electron chi connectivity index (χ1n) is 8.22. The molecule has 1 fully saturated rings. The van der Waals surface area contributed by atoms with Crippen LogP contribution in [0.1, 0.15) is 33.6 Å². The van der Waals surface area contributed by atoms with E-state index in [4.69, 9.17) is 15.1 Å². The molecule has 0 bridgehead atoms. The molecule has 2 amide bonds. The molecular weight excluding hydrogens is 326 g/mol. The lowest BCUT2D eigenvalue weighted by Crippen LogP contribution is -2.50. The smallest absolute Gasteiger partial charge is 0.411 e. The zero-order valence-corrected chi connectivity index (χ0v) is 15.3. The monoisotopic (exact) mass is 353 g/mol. The number of nitrogens with one attached hydrogen (secondary N) is 1. The lowest BCUT2D eigenvalue weighted by Gasteiger charge is -2.30. The van der Waals surface area contributed by atoms with Crippen molar-refractivity contribution in [1.29, 1.82) is 5.26 Å². The Kier molecular flexibility index (Phi) is 7.64. The molecule has 0 saturated carbocycles. The number of hydrogen-bond donors (Lipinski definition) is 2. The van der Waals surface area contributed by atoms with Crippen LogP contribution >= 0.6 is 0 Å². The fraction of sp³-hybridized carbons (Fsp3) is 0.750. The van der Waals surface area contributed by atoms with Crippen LogP contribution in [0.3, 0.4) is 0 Å². The SMILES string of the molecule is CN(C#N)C(=O)C(CCC(C)(C)C)N=C(NC(=O)O)N1CCOCC1. The minimum absolute atomic E-state index is 0.0153. The number of likely N-dealkylation sites (N-methyl/N-ethyl adjacent to an activating group) is 1. The maximum Gasteiger partial charge on any atom is 0.411 e. The average Bonchev–Trinajstić information content (AvgIpc) is 2.55. The van der Waals surface area contributed by atoms with Crippen molar-refractivity contribution in [2.45, 2.75) is 39.7 Å². The summed E-state index contributed by atoms with van der Waals surface area (Å²) in [6, 6.07) is -0.825. The number of ether oxygens (including phenoxy) is 1. The third kappa shape index (κ3) is 7.39. The molecule has 9 nitrogen and oxygen atoms in total. The van der Waals surface area contributed by atoms with Crippen LogP contribution in [0.25, 0.3) is 0 Å². The number of nitrogens with zero attached hydrogens (tertiary/aromatic N) is 4. The highest BCUT2D eigenvalue weighted by Gasteiger charge is 2.27. The van der Waals surface area contributed by atoms with E-state index in [0.717, 1.165) is 4.90 Å². The highest BCUT2D eigenvalue weighted by atomic mass is 16.5. The molecule has 1 aliphatic heterocycles. The van der Waals surface area contributed by atoms with Crippen molar-refractivity contribution in [2.24, 2.45) is 10.4 Å². The van der Waals surface area contributed by atoms with E-state index < -0.39 is 18.0 Å². The fourth-order valence-corrected chi connectivity index (χ4v) is 2.30. The molecule has 25 heavy (non-hydrogen) atoms. The van der Waals surface area contributed by atoms with Gasteiger partial charge in [-0.2, -0.15) is 5.26 Å². The van der Waals surface area contributed by atoms with Gasteiger partial charge < -0.3 is 14.7 Å². The topological polar surface area (TPSA) is 118 Å². The Morgan fingerprint density at radius 2 is 2.00 bits per heavy atom. The second-order valence-corrected chi connectivity index (χ2v) is 7.09. The van der Waals surface area contributed by atoms with Gasteiger partial charge in [0.05, 0.1) is 13.2 Å². The number of carbonyl (C=O) groups is 2. The summed E-state index contributed by atoms with van der Waals surface area (Å²) in [6.07, 6.45) is 1.66. The molecule has 0 aromatic heterocycles. The molecule has 0 aromatic carbocycles. The van der Waals surface area contributed by atoms with Crippen LogP contribution in [0, 0.1) is 16.9 Å². The van der Waals surface area contributed by atoms with Gasteiger partial charge in [-0.15, -0.1) is 0 Å². The van der Waals surface area contributed by atoms with Crippen LogP contribution in [0.15, 0.2) is 4.99 Å². The quantitative estimate of drug-likeness (QED) is 0.338. The maximum atomic E-state index is 12.5. The summed E-state index contributed by atoms with van der Waals surface area (Å²) in [6.45, 7) is 8.01. The van der Waals surface area contributed by atoms with Crippen LogP contribution in [-0.2, 0) is 9.53 Å². The molecule has 0 aliphatic carbocycles. The molecule has 9 heteroatoms. The van der Waals surface area contributed by atoms with Gasteiger partial charge in [-0.25, -0.2) is 9.79 Å². The summed E-state index contributed by atoms with van der Waals surface area (Å²) in [7, 11) is 1.38. The Morgan fingerprint density at radius 1 is 1.40 bits per heavy atom. The van der Waals surface area contributed by atoms with Crippen LogP contribution in [0.4, 0.5) is 4.79 Å². The Hall–Kier alpha value is -2.34. The number of carboxylic acid groups (broad SMARTS) is 1. The maximum absolute atomic E-state index is 12.5. The first-order chi connectivity index (χ1) is 11.6. The van der Waals surface area contributed by atoms with E-state index in [1.54, 1.807) is 11.1 Å². The molecule has 1 heterocycles. The largest absolute Gasteiger partial charge is 0.465 e. The van der Waals surface area contributed by atoms with Crippen LogP contribution in [0.2, 0.25) is 0 Å². The number of guanidine groups is 1. The van der Waals surface area contributed by atoms with E-state index in [1.165, 1.54) is 7.05 Å². The third-order valence-corrected chi connectivity index (χ3v) is 3.74. The molecule has 0 aromatic rings. The number of rotatable bonds is 4. The number of morpholine rings is 1. The summed E-state index contributed by atoms with van der Waals surface area (Å²) in [5, 5.41) is 20.3. The summed E-state index contributed by atoms with van der Waals surface area (Å²) < 4.78 is 5.27. The predicted octanol–water partition coefficient (Wildman–Crippen LogP) is 1.08. The summed E-state index contributed by atoms with van der Waals surface area (Å²) >= 11 is 0. The first kappa shape index (κ1) is 20.7. The molecule has 0 spiro atoms. The van der Waals surface area contributed by atoms with Crippen molar-refractivity contribution >= 4 is 18.0 Å². The Bertz CT molecular complexity index is 544. The summed E-state index contributed by atoms with van der Waals surface area (Å²) in [4.78, 5) is 30.6. The highest BCUT2D eigenvalue weighted by Crippen LogP contribution is 2.23. The van der Waals surface area contributed by atoms with E-state index in [1.807, 2.05) is 20.8 Å². The van der Waals surface area contributed by atoms with E-state index in [-0.39, 0.29) is 11.4 Å². The standard InChI is InChI=1S/C16H27N5O4/c1-16(2,3)6-5-12(13(22)20(4)11-17)18-14(19-15(23)24)21-7-9-25-10-8-21/h12H,5-10H2,1-4H3,(H,18,19)(H,23,24). The van der Waals surface area contributed by atoms with Crippen molar-refractivity contribution in [1.82, 2.24) is 15.1 Å². The zero-order chi connectivity index (χ0) is 19.0. The average molecular weight is 353 g/mol. The van der Waals surface area contributed by atoms with Gasteiger partial charge in [0.25, 0.3) is 5.91 Å². The van der Waals surface area contributed by atoms with Crippen LogP contribution < -0.4 is 5.32 Å². The van der Waals surface area contributed by atoms with Gasteiger partial charge in [-0.05, 0) is 18.3 Å². The number of nitriles is 1. The normalized spacial score (nSPS) is 16.8. The van der Waals surface area contributed by atoms with Crippen molar-refractivity contribution in [3.8, 4) is 6.19 Å². The van der Waals surface area contributed by atoms with Crippen molar-refractivity contribution in [3.63, 3.8) is 0 Å². The summed E-state index contributed by atoms with van der Waals surface area (Å²) in [5.41, 5.74) is -0.0153. The first-order valence-corrected chi connectivity index (χ1v) is 8.22. The predicted molar refractivity (Wildman–Crippen MR) is 91.8 cm³/mol. The van der Waals surface area contributed by atoms with Crippen LogP contribution in [-0.4, -0.2) is 72.3 Å². The fourth-order valence-electron chi connectivity index (χ4n) is 2.30. The van der Waals surface area contributed by atoms with E-state index in [2.05, 4.69) is 10.3 Å². The van der Waals surface area contributed by atoms with Gasteiger partial charge in [0.15, 0.2) is 6.19 Å². The Labute approximate surface area is 148 Å². The molecular formula is C16H27N5O4. The molecule has 0 radical (unpaired) electrons. The van der Waals surface area contributed by atoms with Gasteiger partial charge in [0.1, 0.15) is 6.04 Å². The molecule has 140 valence electrons. The van der Waals surface area contributed by atoms with Gasteiger partial charge in [-0.1, -0.05) is 20.8 Å². The molecule has 1 atom stereocenters. The number of hydrogen-bond acceptors (Lipinski definition) is 5. The number of aliphatic imine (C=N–C) groups is 1. The molecule has 1 unspecified atom stereocenters. The second kappa shape index (κ2) is 9.22. The Balaban J connectivity index is 3.07. The van der Waals surface area contributed by atoms with Crippen molar-refractivity contribution in [3.05, 3.63) is 0 Å². The van der Waals surface area contributed by atoms with Gasteiger partial charge in [-0.3, -0.25) is 15.0 Å². The van der Waals surface area contributed by atoms with Gasteiger partial charge in [0, 0.05) is 20.1 Å². The van der Waals surface area contributed by atoms with Crippen LogP contribution in [0.5, 0.6) is 0 Å². The molecule has 1 rings (SSSR count). The number of amides is 2. The minimum Gasteiger partial charge on any atom is -0.465 e. The zero-order valence-electron chi connectivity index (χ0n) is 15.3. The molecule has 1 aliphatic rings. The molecule has 1 saturated heterocycles. The van der Waals surface area contributed by atoms with E-state index in [9.17, 15) is 9.59 Å². The van der Waals surface area contributed by atoms with E-state index in [0.29, 0.717) is 39.1 Å². The third-order valence-electron chi connectivity index (χ3n) is 3.74. The van der Waals surface area contributed by atoms with Crippen molar-refractivity contribution < 1.29 is 19.4 Å². The Morgan fingerprint density at radius 3 is 2.48 bits per heavy atom. The lowest BCUT2D eigenvalue weighted by molar-refractivity contribution is -0.128. The second-order valence-electron chi connectivity index (χ2n) is 7.09. The lowest BCUT2D eigenvalue weighted by atomic mass is 9.88. The highest BCUT2D eigenvalue weighted by molar-refractivity contribution is 5.95. The van der Waals surface area contributed by atoms with Crippen molar-refractivity contribution in [2.75, 3.05) is 33.4 Å². The summed E-state index contributed by atoms with van der Waals surface area (Å²) in [5.74, 6) is -0.334. The molecule has 2 N–H and O–H groups in total. The van der Waals surface area contributed by atoms with E-state index >= 15 is 0 Å². The van der Waals surface area contributed by atoms with Gasteiger partial charge >= 0.3 is 6.09 Å². The number of carbonyl (C=O) groups excluding carboxylic acids is 1. The van der Waals surface area contributed by atoms with Gasteiger partial charge in [0.2, 0.25) is 5.96 Å².